The quantitative estimate of drug-likeness (QED) is 0.806. The molecule has 1 saturated carbocycles. The van der Waals surface area contributed by atoms with Gasteiger partial charge in [0.25, 0.3) is 0 Å². The van der Waals surface area contributed by atoms with Crippen LogP contribution >= 0.6 is 0 Å². The van der Waals surface area contributed by atoms with Gasteiger partial charge in [0.2, 0.25) is 0 Å². The van der Waals surface area contributed by atoms with Gasteiger partial charge in [0, 0.05) is 18.0 Å². The van der Waals surface area contributed by atoms with E-state index >= 15 is 0 Å². The van der Waals surface area contributed by atoms with Crippen molar-refractivity contribution >= 4 is 0 Å². The van der Waals surface area contributed by atoms with Crippen LogP contribution in [0.2, 0.25) is 0 Å². The van der Waals surface area contributed by atoms with Crippen molar-refractivity contribution in [2.24, 2.45) is 0 Å². The van der Waals surface area contributed by atoms with Crippen LogP contribution in [0.5, 0.6) is 0 Å². The van der Waals surface area contributed by atoms with E-state index < -0.39 is 0 Å². The van der Waals surface area contributed by atoms with E-state index in [0.29, 0.717) is 0 Å². The summed E-state index contributed by atoms with van der Waals surface area (Å²) in [6.07, 6.45) is 3.91. The van der Waals surface area contributed by atoms with Gasteiger partial charge in [0.05, 0.1) is 0 Å². The molecule has 2 nitrogen and oxygen atoms in total. The number of benzene rings is 1. The molecule has 2 atom stereocenters. The Morgan fingerprint density at radius 1 is 1.06 bits per heavy atom. The minimum absolute atomic E-state index is 0.741. The van der Waals surface area contributed by atoms with E-state index in [9.17, 15) is 0 Å². The average Bonchev–Trinajstić information content (AvgIpc) is 3.11. The Labute approximate surface area is 97.4 Å². The van der Waals surface area contributed by atoms with Crippen LogP contribution < -0.4 is 10.6 Å². The second-order valence-electron chi connectivity index (χ2n) is 5.05. The van der Waals surface area contributed by atoms with E-state index in [0.717, 1.165) is 18.0 Å². The molecule has 1 unspecified atom stereocenters. The van der Waals surface area contributed by atoms with Crippen LogP contribution in [0.4, 0.5) is 0 Å². The van der Waals surface area contributed by atoms with Crippen LogP contribution in [0.25, 0.3) is 0 Å². The maximum atomic E-state index is 3.80. The van der Waals surface area contributed by atoms with Crippen molar-refractivity contribution in [3.63, 3.8) is 0 Å². The smallest absolute Gasteiger partial charge is 0.0145 e. The van der Waals surface area contributed by atoms with Crippen molar-refractivity contribution in [1.29, 1.82) is 0 Å². The molecule has 2 N–H and O–H groups in total. The zero-order chi connectivity index (χ0) is 10.8. The molecule has 0 spiro atoms. The normalized spacial score (nSPS) is 30.2. The molecular formula is C14H20N2. The number of nitrogens with one attached hydrogen (secondary N) is 2. The second kappa shape index (κ2) is 4.56. The lowest BCUT2D eigenvalue weighted by molar-refractivity contribution is 0.383. The third kappa shape index (κ3) is 2.28. The Bertz CT molecular complexity index is 330. The van der Waals surface area contributed by atoms with Crippen molar-refractivity contribution in [2.45, 2.75) is 37.3 Å². The Morgan fingerprint density at radius 3 is 2.56 bits per heavy atom. The highest BCUT2D eigenvalue weighted by Crippen LogP contribution is 2.41. The highest BCUT2D eigenvalue weighted by molar-refractivity contribution is 5.27. The van der Waals surface area contributed by atoms with E-state index in [1.807, 2.05) is 0 Å². The predicted octanol–water partition coefficient (Wildman–Crippen LogP) is 1.88. The third-order valence-electron chi connectivity index (χ3n) is 3.81. The van der Waals surface area contributed by atoms with Crippen LogP contribution in [-0.4, -0.2) is 25.2 Å². The molecule has 3 rings (SSSR count). The summed E-state index contributed by atoms with van der Waals surface area (Å²) in [4.78, 5) is 0. The Balaban J connectivity index is 1.52. The minimum Gasteiger partial charge on any atom is -0.317 e. The SMILES string of the molecule is c1ccc(C2C[C@H]2NC2CCNCC2)cc1. The molecule has 0 aromatic heterocycles. The molecule has 1 aromatic rings. The topological polar surface area (TPSA) is 24.1 Å². The van der Waals surface area contributed by atoms with E-state index in [-0.39, 0.29) is 0 Å². The average molecular weight is 216 g/mol. The summed E-state index contributed by atoms with van der Waals surface area (Å²) in [5.41, 5.74) is 1.51. The summed E-state index contributed by atoms with van der Waals surface area (Å²) in [6.45, 7) is 2.36. The van der Waals surface area contributed by atoms with E-state index in [2.05, 4.69) is 41.0 Å². The summed E-state index contributed by atoms with van der Waals surface area (Å²) in [5, 5.41) is 7.21. The molecule has 1 aromatic carbocycles. The van der Waals surface area contributed by atoms with Gasteiger partial charge < -0.3 is 10.6 Å². The van der Waals surface area contributed by atoms with Crippen LogP contribution in [0.3, 0.4) is 0 Å². The monoisotopic (exact) mass is 216 g/mol. The second-order valence-corrected chi connectivity index (χ2v) is 5.05. The number of hydrogen-bond acceptors (Lipinski definition) is 2. The maximum Gasteiger partial charge on any atom is 0.0145 e. The van der Waals surface area contributed by atoms with Crippen LogP contribution in [0, 0.1) is 0 Å². The number of hydrogen-bond donors (Lipinski definition) is 2. The summed E-state index contributed by atoms with van der Waals surface area (Å²) < 4.78 is 0. The van der Waals surface area contributed by atoms with Crippen LogP contribution in [-0.2, 0) is 0 Å². The van der Waals surface area contributed by atoms with Crippen molar-refractivity contribution in [3.8, 4) is 0 Å². The first-order valence-corrected chi connectivity index (χ1v) is 6.45. The van der Waals surface area contributed by atoms with Crippen LogP contribution in [0.1, 0.15) is 30.7 Å². The predicted molar refractivity (Wildman–Crippen MR) is 66.6 cm³/mol. The lowest BCUT2D eigenvalue weighted by Gasteiger charge is -2.24. The fourth-order valence-corrected chi connectivity index (χ4v) is 2.74. The summed E-state index contributed by atoms with van der Waals surface area (Å²) in [5.74, 6) is 0.774. The van der Waals surface area contributed by atoms with Crippen molar-refractivity contribution in [1.82, 2.24) is 10.6 Å². The van der Waals surface area contributed by atoms with Crippen molar-refractivity contribution in [3.05, 3.63) is 35.9 Å². The maximum absolute atomic E-state index is 3.80. The lowest BCUT2D eigenvalue weighted by atomic mass is 10.1. The minimum atomic E-state index is 0.741. The van der Waals surface area contributed by atoms with Gasteiger partial charge in [-0.3, -0.25) is 0 Å². The molecular weight excluding hydrogens is 196 g/mol. The molecule has 2 heteroatoms. The van der Waals surface area contributed by atoms with Gasteiger partial charge in [0.1, 0.15) is 0 Å². The first-order chi connectivity index (χ1) is 7.93. The molecule has 1 aliphatic carbocycles. The highest BCUT2D eigenvalue weighted by atomic mass is 15.0. The fraction of sp³-hybridized carbons (Fsp3) is 0.571. The van der Waals surface area contributed by atoms with E-state index in [4.69, 9.17) is 0 Å². The van der Waals surface area contributed by atoms with E-state index in [1.165, 1.54) is 37.9 Å². The van der Waals surface area contributed by atoms with Gasteiger partial charge >= 0.3 is 0 Å². The molecule has 1 aliphatic heterocycles. The summed E-state index contributed by atoms with van der Waals surface area (Å²) in [6, 6.07) is 12.4. The third-order valence-corrected chi connectivity index (χ3v) is 3.81. The van der Waals surface area contributed by atoms with Gasteiger partial charge in [-0.2, -0.15) is 0 Å². The number of piperidine rings is 1. The summed E-state index contributed by atoms with van der Waals surface area (Å²) in [7, 11) is 0. The van der Waals surface area contributed by atoms with E-state index in [1.54, 1.807) is 0 Å². The Hall–Kier alpha value is -0.860. The van der Waals surface area contributed by atoms with Gasteiger partial charge in [-0.05, 0) is 37.9 Å². The van der Waals surface area contributed by atoms with Crippen molar-refractivity contribution in [2.75, 3.05) is 13.1 Å². The summed E-state index contributed by atoms with van der Waals surface area (Å²) >= 11 is 0. The molecule has 16 heavy (non-hydrogen) atoms. The zero-order valence-electron chi connectivity index (χ0n) is 9.65. The molecule has 0 amide bonds. The molecule has 1 saturated heterocycles. The molecule has 0 bridgehead atoms. The first kappa shape index (κ1) is 10.3. The van der Waals surface area contributed by atoms with Gasteiger partial charge in [-0.1, -0.05) is 30.3 Å². The zero-order valence-corrected chi connectivity index (χ0v) is 9.65. The number of rotatable bonds is 3. The largest absolute Gasteiger partial charge is 0.317 e. The van der Waals surface area contributed by atoms with Crippen LogP contribution in [0.15, 0.2) is 30.3 Å². The molecule has 2 aliphatic rings. The van der Waals surface area contributed by atoms with Gasteiger partial charge in [-0.25, -0.2) is 0 Å². The van der Waals surface area contributed by atoms with Gasteiger partial charge in [0.15, 0.2) is 0 Å². The molecule has 2 fully saturated rings. The van der Waals surface area contributed by atoms with Crippen molar-refractivity contribution < 1.29 is 0 Å². The Kier molecular flexibility index (Phi) is 2.94. The highest BCUT2D eigenvalue weighted by Gasteiger charge is 2.39. The molecule has 1 heterocycles. The van der Waals surface area contributed by atoms with Gasteiger partial charge in [-0.15, -0.1) is 0 Å². The molecule has 86 valence electrons. The molecule has 0 radical (unpaired) electrons. The Morgan fingerprint density at radius 2 is 1.81 bits per heavy atom. The standard InChI is InChI=1S/C14H20N2/c1-2-4-11(5-3-1)13-10-14(13)16-12-6-8-15-9-7-12/h1-5,12-16H,6-10H2/t13?,14-/m1/s1. The first-order valence-electron chi connectivity index (χ1n) is 6.45. The fourth-order valence-electron chi connectivity index (χ4n) is 2.74. The lowest BCUT2D eigenvalue weighted by Crippen LogP contribution is -2.41.